The summed E-state index contributed by atoms with van der Waals surface area (Å²) in [7, 11) is 1.88. The fourth-order valence-corrected chi connectivity index (χ4v) is 3.21. The van der Waals surface area contributed by atoms with E-state index in [4.69, 9.17) is 4.74 Å². The van der Waals surface area contributed by atoms with Crippen LogP contribution in [0.5, 0.6) is 0 Å². The maximum atomic E-state index is 12.3. The van der Waals surface area contributed by atoms with Crippen LogP contribution in [-0.4, -0.2) is 34.5 Å². The first-order valence-corrected chi connectivity index (χ1v) is 8.84. The zero-order valence-corrected chi connectivity index (χ0v) is 15.6. The summed E-state index contributed by atoms with van der Waals surface area (Å²) in [5.41, 5.74) is 2.74. The average Bonchev–Trinajstić information content (AvgIpc) is 2.85. The van der Waals surface area contributed by atoms with E-state index in [1.54, 1.807) is 30.3 Å². The van der Waals surface area contributed by atoms with Crippen molar-refractivity contribution in [2.75, 3.05) is 12.4 Å². The minimum Gasteiger partial charge on any atom is -0.454 e. The zero-order valence-electron chi connectivity index (χ0n) is 14.8. The van der Waals surface area contributed by atoms with Gasteiger partial charge in [0.05, 0.1) is 11.3 Å². The number of rotatable bonds is 7. The van der Waals surface area contributed by atoms with Gasteiger partial charge in [-0.25, -0.2) is 4.79 Å². The number of carbonyl (C=O) groups excluding carboxylic acids is 3. The highest BCUT2D eigenvalue weighted by Crippen LogP contribution is 2.23. The summed E-state index contributed by atoms with van der Waals surface area (Å²) < 4.78 is 7.12. The Kier molecular flexibility index (Phi) is 6.20. The van der Waals surface area contributed by atoms with Gasteiger partial charge in [0.25, 0.3) is 0 Å². The summed E-state index contributed by atoms with van der Waals surface area (Å²) in [6, 6.07) is 8.70. The minimum absolute atomic E-state index is 0.0262. The van der Waals surface area contributed by atoms with Crippen molar-refractivity contribution in [2.45, 2.75) is 25.7 Å². The molecule has 0 aliphatic carbocycles. The maximum absolute atomic E-state index is 12.3. The maximum Gasteiger partial charge on any atom is 0.339 e. The summed E-state index contributed by atoms with van der Waals surface area (Å²) in [4.78, 5) is 36.5. The molecule has 25 heavy (non-hydrogen) atoms. The van der Waals surface area contributed by atoms with E-state index in [0.29, 0.717) is 16.0 Å². The third-order valence-electron chi connectivity index (χ3n) is 3.95. The second-order valence-corrected chi connectivity index (χ2v) is 6.85. The van der Waals surface area contributed by atoms with Gasteiger partial charge >= 0.3 is 5.97 Å². The van der Waals surface area contributed by atoms with Crippen molar-refractivity contribution in [3.8, 4) is 0 Å². The number of ether oxygens (including phenoxy) is 1. The Hall–Kier alpha value is -2.34. The quantitative estimate of drug-likeness (QED) is 0.431. The number of ketones is 2. The summed E-state index contributed by atoms with van der Waals surface area (Å²) in [6.07, 6.45) is 0. The van der Waals surface area contributed by atoms with Crippen LogP contribution in [0.2, 0.25) is 0 Å². The summed E-state index contributed by atoms with van der Waals surface area (Å²) >= 11 is 1.28. The first-order chi connectivity index (χ1) is 11.8. The third-order valence-corrected chi connectivity index (χ3v) is 5.17. The van der Waals surface area contributed by atoms with Crippen molar-refractivity contribution in [1.29, 1.82) is 0 Å². The van der Waals surface area contributed by atoms with Crippen molar-refractivity contribution in [2.24, 2.45) is 7.05 Å². The molecule has 0 bridgehead atoms. The number of esters is 1. The Balaban J connectivity index is 2.06. The number of nitrogens with zero attached hydrogens (tertiary/aromatic N) is 1. The molecule has 1 heterocycles. The van der Waals surface area contributed by atoms with Crippen LogP contribution in [-0.2, 0) is 16.6 Å². The molecule has 1 aromatic heterocycles. The van der Waals surface area contributed by atoms with Crippen molar-refractivity contribution in [3.05, 3.63) is 52.8 Å². The van der Waals surface area contributed by atoms with E-state index < -0.39 is 5.97 Å². The monoisotopic (exact) mass is 359 g/mol. The van der Waals surface area contributed by atoms with Crippen LogP contribution in [0.3, 0.4) is 0 Å². The van der Waals surface area contributed by atoms with Gasteiger partial charge in [0.1, 0.15) is 5.78 Å². The lowest BCUT2D eigenvalue weighted by Crippen LogP contribution is -2.15. The first kappa shape index (κ1) is 19.0. The molecule has 0 atom stereocenters. The van der Waals surface area contributed by atoms with Gasteiger partial charge < -0.3 is 9.30 Å². The fourth-order valence-electron chi connectivity index (χ4n) is 2.36. The number of aromatic nitrogens is 1. The first-order valence-electron chi connectivity index (χ1n) is 7.85. The van der Waals surface area contributed by atoms with Gasteiger partial charge in [-0.2, -0.15) is 0 Å². The fraction of sp³-hybridized carbons (Fsp3) is 0.316. The van der Waals surface area contributed by atoms with Crippen LogP contribution < -0.4 is 0 Å². The van der Waals surface area contributed by atoms with Gasteiger partial charge in [-0.3, -0.25) is 9.59 Å². The number of Topliss-reactive ketones (excluding diaryl/α,β-unsaturated/α-hetero) is 2. The van der Waals surface area contributed by atoms with E-state index in [2.05, 4.69) is 0 Å². The van der Waals surface area contributed by atoms with Crippen LogP contribution in [0, 0.1) is 13.8 Å². The van der Waals surface area contributed by atoms with Crippen LogP contribution in [0.4, 0.5) is 0 Å². The molecule has 0 fully saturated rings. The van der Waals surface area contributed by atoms with Gasteiger partial charge in [-0.15, -0.1) is 11.8 Å². The molecule has 0 aliphatic heterocycles. The van der Waals surface area contributed by atoms with Gasteiger partial charge in [-0.1, -0.05) is 12.1 Å². The Morgan fingerprint density at radius 1 is 1.12 bits per heavy atom. The normalized spacial score (nSPS) is 10.6. The smallest absolute Gasteiger partial charge is 0.339 e. The highest BCUT2D eigenvalue weighted by Gasteiger charge is 2.18. The lowest BCUT2D eigenvalue weighted by atomic mass is 10.1. The van der Waals surface area contributed by atoms with Crippen LogP contribution in [0.25, 0.3) is 0 Å². The Bertz CT molecular complexity index is 823. The van der Waals surface area contributed by atoms with Crippen LogP contribution in [0.1, 0.15) is 39.0 Å². The van der Waals surface area contributed by atoms with E-state index in [9.17, 15) is 14.4 Å². The molecule has 0 unspecified atom stereocenters. The largest absolute Gasteiger partial charge is 0.454 e. The molecule has 0 saturated carbocycles. The number of benzene rings is 1. The second kappa shape index (κ2) is 8.16. The SMILES string of the molecule is CC(=O)CSc1ccccc1C(=O)OCC(=O)c1cc(C)n(C)c1C. The highest BCUT2D eigenvalue weighted by atomic mass is 32.2. The molecule has 0 spiro atoms. The van der Waals surface area contributed by atoms with E-state index in [1.807, 2.05) is 25.5 Å². The molecular weight excluding hydrogens is 338 g/mol. The summed E-state index contributed by atoms with van der Waals surface area (Å²) in [5.74, 6) is -0.488. The van der Waals surface area contributed by atoms with Crippen molar-refractivity contribution < 1.29 is 19.1 Å². The molecular formula is C19H21NO4S. The summed E-state index contributed by atoms with van der Waals surface area (Å²) in [5, 5.41) is 0. The predicted octanol–water partition coefficient (Wildman–Crippen LogP) is 3.36. The average molecular weight is 359 g/mol. The molecule has 132 valence electrons. The second-order valence-electron chi connectivity index (χ2n) is 5.83. The van der Waals surface area contributed by atoms with E-state index in [0.717, 1.165) is 11.4 Å². The van der Waals surface area contributed by atoms with Crippen molar-refractivity contribution in [1.82, 2.24) is 4.57 Å². The Morgan fingerprint density at radius 3 is 2.40 bits per heavy atom. The van der Waals surface area contributed by atoms with Gasteiger partial charge in [0.2, 0.25) is 5.78 Å². The third kappa shape index (κ3) is 4.60. The molecule has 0 N–H and O–H groups in total. The van der Waals surface area contributed by atoms with E-state index >= 15 is 0 Å². The molecule has 0 aliphatic rings. The van der Waals surface area contributed by atoms with Crippen molar-refractivity contribution in [3.63, 3.8) is 0 Å². The Labute approximate surface area is 151 Å². The lowest BCUT2D eigenvalue weighted by molar-refractivity contribution is -0.114. The predicted molar refractivity (Wildman–Crippen MR) is 97.3 cm³/mol. The molecule has 0 radical (unpaired) electrons. The molecule has 1 aromatic carbocycles. The van der Waals surface area contributed by atoms with Crippen molar-refractivity contribution >= 4 is 29.3 Å². The van der Waals surface area contributed by atoms with Crippen LogP contribution in [0.15, 0.2) is 35.2 Å². The number of hydrogen-bond donors (Lipinski definition) is 0. The van der Waals surface area contributed by atoms with Gasteiger partial charge in [0.15, 0.2) is 6.61 Å². The topological polar surface area (TPSA) is 65.4 Å². The van der Waals surface area contributed by atoms with Gasteiger partial charge in [-0.05, 0) is 39.0 Å². The molecule has 5 nitrogen and oxygen atoms in total. The highest BCUT2D eigenvalue weighted by molar-refractivity contribution is 8.00. The molecule has 0 amide bonds. The molecule has 2 aromatic rings. The minimum atomic E-state index is -0.565. The lowest BCUT2D eigenvalue weighted by Gasteiger charge is -2.08. The molecule has 2 rings (SSSR count). The van der Waals surface area contributed by atoms with E-state index in [1.165, 1.54) is 18.7 Å². The van der Waals surface area contributed by atoms with Crippen LogP contribution >= 0.6 is 11.8 Å². The Morgan fingerprint density at radius 2 is 1.80 bits per heavy atom. The molecule has 0 saturated heterocycles. The van der Waals surface area contributed by atoms with Gasteiger partial charge in [0, 0.05) is 28.9 Å². The zero-order chi connectivity index (χ0) is 18.6. The van der Waals surface area contributed by atoms with E-state index in [-0.39, 0.29) is 23.9 Å². The number of thioether (sulfide) groups is 1. The standard InChI is InChI=1S/C19H21NO4S/c1-12-9-16(14(3)20(12)4)17(22)10-24-19(23)15-7-5-6-8-18(15)25-11-13(2)21/h5-9H,10-11H2,1-4H3. The number of aryl methyl sites for hydroxylation is 1. The number of hydrogen-bond acceptors (Lipinski definition) is 5. The summed E-state index contributed by atoms with van der Waals surface area (Å²) in [6.45, 7) is 4.96. The molecule has 6 heteroatoms. The number of carbonyl (C=O) groups is 3.